The molecular weight excluding hydrogens is 260 g/mol. The highest BCUT2D eigenvalue weighted by atomic mass is 16.5. The molecule has 5 nitrogen and oxygen atoms in total. The standard InChI is InChI=1S/C15H12O5/c16-9-10-5-1-2-6-11(10)15(19)20-13-8-4-3-7-12(13)14(17)18/h1-8,16H,9H2,(H,17,18). The minimum Gasteiger partial charge on any atom is -0.478 e. The van der Waals surface area contributed by atoms with Crippen molar-refractivity contribution in [2.75, 3.05) is 0 Å². The van der Waals surface area contributed by atoms with Gasteiger partial charge in [0.05, 0.1) is 12.2 Å². The van der Waals surface area contributed by atoms with Gasteiger partial charge in [-0.3, -0.25) is 0 Å². The second-order valence-corrected chi connectivity index (χ2v) is 4.01. The highest BCUT2D eigenvalue weighted by Crippen LogP contribution is 2.20. The van der Waals surface area contributed by atoms with E-state index in [0.29, 0.717) is 5.56 Å². The van der Waals surface area contributed by atoms with Gasteiger partial charge in [0.25, 0.3) is 0 Å². The first-order valence-corrected chi connectivity index (χ1v) is 5.86. The number of aliphatic hydroxyl groups excluding tert-OH is 1. The minimum absolute atomic E-state index is 0.0299. The molecule has 0 amide bonds. The number of aromatic carboxylic acids is 1. The molecule has 0 fully saturated rings. The van der Waals surface area contributed by atoms with Crippen LogP contribution in [-0.2, 0) is 6.61 Å². The van der Waals surface area contributed by atoms with E-state index in [1.54, 1.807) is 30.3 Å². The average Bonchev–Trinajstić information content (AvgIpc) is 2.47. The lowest BCUT2D eigenvalue weighted by atomic mass is 10.1. The molecule has 20 heavy (non-hydrogen) atoms. The second-order valence-electron chi connectivity index (χ2n) is 4.01. The zero-order valence-electron chi connectivity index (χ0n) is 10.4. The molecule has 2 N–H and O–H groups in total. The van der Waals surface area contributed by atoms with Crippen LogP contribution in [0.25, 0.3) is 0 Å². The summed E-state index contributed by atoms with van der Waals surface area (Å²) < 4.78 is 5.10. The van der Waals surface area contributed by atoms with Gasteiger partial charge in [0, 0.05) is 0 Å². The Morgan fingerprint density at radius 3 is 2.20 bits per heavy atom. The number of aliphatic hydroxyl groups is 1. The smallest absolute Gasteiger partial charge is 0.343 e. The monoisotopic (exact) mass is 272 g/mol. The third-order valence-corrected chi connectivity index (χ3v) is 2.73. The van der Waals surface area contributed by atoms with E-state index in [1.165, 1.54) is 18.2 Å². The maximum absolute atomic E-state index is 12.0. The highest BCUT2D eigenvalue weighted by Gasteiger charge is 2.17. The summed E-state index contributed by atoms with van der Waals surface area (Å²) in [5.41, 5.74) is 0.530. The number of rotatable bonds is 4. The van der Waals surface area contributed by atoms with Gasteiger partial charge in [0.2, 0.25) is 0 Å². The van der Waals surface area contributed by atoms with E-state index in [2.05, 4.69) is 0 Å². The Morgan fingerprint density at radius 1 is 0.950 bits per heavy atom. The Bertz CT molecular complexity index is 648. The third-order valence-electron chi connectivity index (χ3n) is 2.73. The molecule has 5 heteroatoms. The van der Waals surface area contributed by atoms with Crippen LogP contribution < -0.4 is 4.74 Å². The molecule has 2 aromatic rings. The summed E-state index contributed by atoms with van der Waals surface area (Å²) in [5, 5.41) is 18.2. The first kappa shape index (κ1) is 13.8. The molecule has 0 aliphatic heterocycles. The van der Waals surface area contributed by atoms with Crippen LogP contribution in [0.15, 0.2) is 48.5 Å². The van der Waals surface area contributed by atoms with E-state index in [1.807, 2.05) is 0 Å². The van der Waals surface area contributed by atoms with E-state index in [-0.39, 0.29) is 23.5 Å². The molecule has 0 aliphatic rings. The van der Waals surface area contributed by atoms with Crippen molar-refractivity contribution in [3.8, 4) is 5.75 Å². The van der Waals surface area contributed by atoms with Gasteiger partial charge in [-0.05, 0) is 23.8 Å². The first-order valence-electron chi connectivity index (χ1n) is 5.86. The Labute approximate surface area is 115 Å². The second kappa shape index (κ2) is 5.99. The quantitative estimate of drug-likeness (QED) is 0.657. The summed E-state index contributed by atoms with van der Waals surface area (Å²) in [6.07, 6.45) is 0. The first-order chi connectivity index (χ1) is 9.63. The van der Waals surface area contributed by atoms with Crippen LogP contribution in [0.1, 0.15) is 26.3 Å². The lowest BCUT2D eigenvalue weighted by Crippen LogP contribution is -2.13. The van der Waals surface area contributed by atoms with Crippen molar-refractivity contribution in [1.82, 2.24) is 0 Å². The number of para-hydroxylation sites is 1. The van der Waals surface area contributed by atoms with E-state index >= 15 is 0 Å². The van der Waals surface area contributed by atoms with Crippen molar-refractivity contribution in [1.29, 1.82) is 0 Å². The SMILES string of the molecule is O=C(Oc1ccccc1C(=O)O)c1ccccc1CO. The number of esters is 1. The molecule has 0 aromatic heterocycles. The summed E-state index contributed by atoms with van der Waals surface area (Å²) in [6.45, 7) is -0.300. The lowest BCUT2D eigenvalue weighted by molar-refractivity contribution is 0.0680. The van der Waals surface area contributed by atoms with Gasteiger partial charge in [0.1, 0.15) is 11.3 Å². The fourth-order valence-corrected chi connectivity index (χ4v) is 1.74. The van der Waals surface area contributed by atoms with Crippen molar-refractivity contribution < 1.29 is 24.5 Å². The third kappa shape index (κ3) is 2.84. The number of carbonyl (C=O) groups is 2. The van der Waals surface area contributed by atoms with Crippen molar-refractivity contribution in [2.45, 2.75) is 6.61 Å². The Balaban J connectivity index is 2.31. The number of hydrogen-bond acceptors (Lipinski definition) is 4. The van der Waals surface area contributed by atoms with Crippen molar-refractivity contribution in [2.24, 2.45) is 0 Å². The van der Waals surface area contributed by atoms with Gasteiger partial charge in [-0.15, -0.1) is 0 Å². The van der Waals surface area contributed by atoms with Crippen LogP contribution in [0.3, 0.4) is 0 Å². The Kier molecular flexibility index (Phi) is 4.12. The van der Waals surface area contributed by atoms with Gasteiger partial charge in [-0.25, -0.2) is 9.59 Å². The maximum atomic E-state index is 12.0. The van der Waals surface area contributed by atoms with Crippen LogP contribution in [0.5, 0.6) is 5.75 Å². The summed E-state index contributed by atoms with van der Waals surface area (Å²) in [4.78, 5) is 23.1. The van der Waals surface area contributed by atoms with Gasteiger partial charge in [0.15, 0.2) is 0 Å². The summed E-state index contributed by atoms with van der Waals surface area (Å²) in [7, 11) is 0. The fourth-order valence-electron chi connectivity index (χ4n) is 1.74. The van der Waals surface area contributed by atoms with Crippen LogP contribution in [0.2, 0.25) is 0 Å². The number of carbonyl (C=O) groups excluding carboxylic acids is 1. The summed E-state index contributed by atoms with van der Waals surface area (Å²) in [6, 6.07) is 12.3. The molecule has 0 saturated heterocycles. The number of carboxylic acid groups (broad SMARTS) is 1. The van der Waals surface area contributed by atoms with Crippen molar-refractivity contribution >= 4 is 11.9 Å². The molecule has 0 heterocycles. The lowest BCUT2D eigenvalue weighted by Gasteiger charge is -2.09. The predicted molar refractivity (Wildman–Crippen MR) is 70.7 cm³/mol. The molecule has 0 bridgehead atoms. The molecule has 0 unspecified atom stereocenters. The molecule has 102 valence electrons. The van der Waals surface area contributed by atoms with Crippen molar-refractivity contribution in [3.63, 3.8) is 0 Å². The molecule has 2 rings (SSSR count). The molecule has 0 saturated carbocycles. The fraction of sp³-hybridized carbons (Fsp3) is 0.0667. The number of benzene rings is 2. The van der Waals surface area contributed by atoms with Crippen LogP contribution in [0, 0.1) is 0 Å². The topological polar surface area (TPSA) is 83.8 Å². The largest absolute Gasteiger partial charge is 0.478 e. The van der Waals surface area contributed by atoms with Crippen molar-refractivity contribution in [3.05, 3.63) is 65.2 Å². The van der Waals surface area contributed by atoms with E-state index < -0.39 is 11.9 Å². The Hall–Kier alpha value is -2.66. The zero-order chi connectivity index (χ0) is 14.5. The van der Waals surface area contributed by atoms with Crippen LogP contribution in [-0.4, -0.2) is 22.2 Å². The number of ether oxygens (including phenoxy) is 1. The van der Waals surface area contributed by atoms with Gasteiger partial charge in [-0.2, -0.15) is 0 Å². The van der Waals surface area contributed by atoms with Gasteiger partial charge in [-0.1, -0.05) is 30.3 Å². The van der Waals surface area contributed by atoms with E-state index in [4.69, 9.17) is 9.84 Å². The predicted octanol–water partition coefficient (Wildman–Crippen LogP) is 2.10. The molecule has 0 spiro atoms. The van der Waals surface area contributed by atoms with Gasteiger partial charge >= 0.3 is 11.9 Å². The summed E-state index contributed by atoms with van der Waals surface area (Å²) >= 11 is 0. The van der Waals surface area contributed by atoms with Crippen LogP contribution >= 0.6 is 0 Å². The summed E-state index contributed by atoms with van der Waals surface area (Å²) in [5.74, 6) is -1.91. The minimum atomic E-state index is -1.18. The van der Waals surface area contributed by atoms with Gasteiger partial charge < -0.3 is 14.9 Å². The van der Waals surface area contributed by atoms with E-state index in [9.17, 15) is 14.7 Å². The Morgan fingerprint density at radius 2 is 1.55 bits per heavy atom. The number of hydrogen-bond donors (Lipinski definition) is 2. The highest BCUT2D eigenvalue weighted by molar-refractivity contribution is 5.96. The molecule has 0 atom stereocenters. The van der Waals surface area contributed by atoms with E-state index in [0.717, 1.165) is 0 Å². The molecular formula is C15H12O5. The van der Waals surface area contributed by atoms with Crippen LogP contribution in [0.4, 0.5) is 0 Å². The average molecular weight is 272 g/mol. The zero-order valence-corrected chi connectivity index (χ0v) is 10.4. The molecule has 0 radical (unpaired) electrons. The molecule has 0 aliphatic carbocycles. The normalized spacial score (nSPS) is 10.1. The maximum Gasteiger partial charge on any atom is 0.343 e. The number of carboxylic acids is 1. The molecule has 2 aromatic carbocycles.